The normalized spacial score (nSPS) is 16.3. The molecule has 5 heteroatoms. The molecule has 0 radical (unpaired) electrons. The van der Waals surface area contributed by atoms with Crippen LogP contribution < -0.4 is 15.0 Å². The lowest BCUT2D eigenvalue weighted by Crippen LogP contribution is -2.43. The van der Waals surface area contributed by atoms with Crippen LogP contribution in [0.4, 0.5) is 10.1 Å². The van der Waals surface area contributed by atoms with Gasteiger partial charge in [-0.1, -0.05) is 11.6 Å². The summed E-state index contributed by atoms with van der Waals surface area (Å²) in [5.41, 5.74) is 0.907. The predicted octanol–water partition coefficient (Wildman–Crippen LogP) is 1.90. The number of methoxy groups -OCH3 is 1. The number of hydrogen-bond acceptors (Lipinski definition) is 3. The summed E-state index contributed by atoms with van der Waals surface area (Å²) in [7, 11) is 1.44. The van der Waals surface area contributed by atoms with Crippen LogP contribution in [0.15, 0.2) is 12.1 Å². The minimum atomic E-state index is -0.497. The molecule has 1 saturated heterocycles. The first-order chi connectivity index (χ1) is 7.72. The van der Waals surface area contributed by atoms with E-state index in [-0.39, 0.29) is 10.8 Å². The lowest BCUT2D eigenvalue weighted by atomic mass is 10.2. The fourth-order valence-electron chi connectivity index (χ4n) is 1.80. The van der Waals surface area contributed by atoms with Crippen molar-refractivity contribution in [3.63, 3.8) is 0 Å². The van der Waals surface area contributed by atoms with E-state index in [1.54, 1.807) is 12.1 Å². The van der Waals surface area contributed by atoms with Crippen LogP contribution in [0.3, 0.4) is 0 Å². The molecule has 0 aromatic heterocycles. The summed E-state index contributed by atoms with van der Waals surface area (Å²) < 4.78 is 18.4. The highest BCUT2D eigenvalue weighted by molar-refractivity contribution is 6.31. The van der Waals surface area contributed by atoms with E-state index in [1.165, 1.54) is 7.11 Å². The van der Waals surface area contributed by atoms with Gasteiger partial charge in [0, 0.05) is 37.9 Å². The van der Waals surface area contributed by atoms with Crippen molar-refractivity contribution < 1.29 is 9.13 Å². The summed E-state index contributed by atoms with van der Waals surface area (Å²) in [5.74, 6) is -0.302. The Bertz CT molecular complexity index is 380. The summed E-state index contributed by atoms with van der Waals surface area (Å²) in [6, 6.07) is 3.33. The number of hydrogen-bond donors (Lipinski definition) is 1. The number of benzene rings is 1. The van der Waals surface area contributed by atoms with Crippen molar-refractivity contribution in [2.24, 2.45) is 0 Å². The lowest BCUT2D eigenvalue weighted by molar-refractivity contribution is 0.386. The van der Waals surface area contributed by atoms with Crippen molar-refractivity contribution in [1.29, 1.82) is 0 Å². The molecule has 2 rings (SSSR count). The standard InChI is InChI=1S/C11H14ClFN2O/c1-16-10-7-8(6-9(12)11(10)13)15-4-2-14-3-5-15/h6-7,14H,2-5H2,1H3. The van der Waals surface area contributed by atoms with Crippen LogP contribution in [0.25, 0.3) is 0 Å². The molecule has 16 heavy (non-hydrogen) atoms. The van der Waals surface area contributed by atoms with Gasteiger partial charge in [0.25, 0.3) is 0 Å². The molecule has 0 atom stereocenters. The van der Waals surface area contributed by atoms with Crippen molar-refractivity contribution in [1.82, 2.24) is 5.32 Å². The average molecular weight is 245 g/mol. The number of rotatable bonds is 2. The first kappa shape index (κ1) is 11.5. The molecule has 1 heterocycles. The van der Waals surface area contributed by atoms with Crippen LogP contribution in [-0.2, 0) is 0 Å². The van der Waals surface area contributed by atoms with Gasteiger partial charge in [0.1, 0.15) is 0 Å². The fraction of sp³-hybridized carbons (Fsp3) is 0.455. The van der Waals surface area contributed by atoms with Gasteiger partial charge in [0.15, 0.2) is 11.6 Å². The monoisotopic (exact) mass is 244 g/mol. The Kier molecular flexibility index (Phi) is 3.51. The maximum Gasteiger partial charge on any atom is 0.183 e. The van der Waals surface area contributed by atoms with Gasteiger partial charge in [-0.05, 0) is 6.07 Å². The number of piperazine rings is 1. The van der Waals surface area contributed by atoms with Crippen LogP contribution in [0.2, 0.25) is 5.02 Å². The van der Waals surface area contributed by atoms with Crippen LogP contribution in [-0.4, -0.2) is 33.3 Å². The topological polar surface area (TPSA) is 24.5 Å². The molecule has 1 aliphatic heterocycles. The number of nitrogens with one attached hydrogen (secondary N) is 1. The quantitative estimate of drug-likeness (QED) is 0.860. The zero-order valence-corrected chi connectivity index (χ0v) is 9.85. The van der Waals surface area contributed by atoms with Crippen molar-refractivity contribution in [3.05, 3.63) is 23.0 Å². The van der Waals surface area contributed by atoms with Crippen LogP contribution in [0, 0.1) is 5.82 Å². The summed E-state index contributed by atoms with van der Waals surface area (Å²) in [6.07, 6.45) is 0. The second-order valence-corrected chi connectivity index (χ2v) is 4.09. The first-order valence-electron chi connectivity index (χ1n) is 5.21. The summed E-state index contributed by atoms with van der Waals surface area (Å²) in [6.45, 7) is 3.64. The number of anilines is 1. The van der Waals surface area contributed by atoms with E-state index in [0.717, 1.165) is 31.9 Å². The third kappa shape index (κ3) is 2.23. The Hall–Kier alpha value is -1.00. The summed E-state index contributed by atoms with van der Waals surface area (Å²) >= 11 is 5.82. The van der Waals surface area contributed by atoms with Gasteiger partial charge in [-0.25, -0.2) is 4.39 Å². The van der Waals surface area contributed by atoms with E-state index in [4.69, 9.17) is 16.3 Å². The van der Waals surface area contributed by atoms with E-state index >= 15 is 0 Å². The van der Waals surface area contributed by atoms with Crippen molar-refractivity contribution >= 4 is 17.3 Å². The molecule has 1 aromatic carbocycles. The molecule has 0 aliphatic carbocycles. The van der Waals surface area contributed by atoms with Crippen molar-refractivity contribution in [2.45, 2.75) is 0 Å². The molecule has 0 saturated carbocycles. The minimum Gasteiger partial charge on any atom is -0.494 e. The maximum atomic E-state index is 13.5. The Morgan fingerprint density at radius 1 is 1.38 bits per heavy atom. The van der Waals surface area contributed by atoms with Gasteiger partial charge < -0.3 is 15.0 Å². The largest absolute Gasteiger partial charge is 0.494 e. The number of ether oxygens (including phenoxy) is 1. The van der Waals surface area contributed by atoms with Gasteiger partial charge in [-0.2, -0.15) is 0 Å². The van der Waals surface area contributed by atoms with Crippen molar-refractivity contribution in [3.8, 4) is 5.75 Å². The van der Waals surface area contributed by atoms with Crippen LogP contribution >= 0.6 is 11.6 Å². The van der Waals surface area contributed by atoms with Gasteiger partial charge in [-0.15, -0.1) is 0 Å². The highest BCUT2D eigenvalue weighted by Gasteiger charge is 2.15. The Balaban J connectivity index is 2.29. The fourth-order valence-corrected chi connectivity index (χ4v) is 2.01. The molecular weight excluding hydrogens is 231 g/mol. The van der Waals surface area contributed by atoms with E-state index in [0.29, 0.717) is 0 Å². The molecule has 1 aliphatic rings. The molecule has 1 aromatic rings. The second kappa shape index (κ2) is 4.89. The second-order valence-electron chi connectivity index (χ2n) is 3.68. The SMILES string of the molecule is COc1cc(N2CCNCC2)cc(Cl)c1F. The smallest absolute Gasteiger partial charge is 0.183 e. The van der Waals surface area contributed by atoms with Crippen LogP contribution in [0.1, 0.15) is 0 Å². The number of halogens is 2. The molecule has 1 N–H and O–H groups in total. The van der Waals surface area contributed by atoms with Gasteiger partial charge in [0.05, 0.1) is 12.1 Å². The van der Waals surface area contributed by atoms with Crippen LogP contribution in [0.5, 0.6) is 5.75 Å². The predicted molar refractivity (Wildman–Crippen MR) is 63.0 cm³/mol. The van der Waals surface area contributed by atoms with Gasteiger partial charge in [-0.3, -0.25) is 0 Å². The number of nitrogens with zero attached hydrogens (tertiary/aromatic N) is 1. The molecule has 0 spiro atoms. The zero-order valence-electron chi connectivity index (χ0n) is 9.09. The third-order valence-electron chi connectivity index (χ3n) is 2.68. The molecule has 0 amide bonds. The van der Waals surface area contributed by atoms with E-state index in [1.807, 2.05) is 0 Å². The van der Waals surface area contributed by atoms with E-state index in [9.17, 15) is 4.39 Å². The molecule has 88 valence electrons. The molecular formula is C11H14ClFN2O. The lowest BCUT2D eigenvalue weighted by Gasteiger charge is -2.29. The van der Waals surface area contributed by atoms with Gasteiger partial charge >= 0.3 is 0 Å². The highest BCUT2D eigenvalue weighted by Crippen LogP contribution is 2.31. The molecule has 1 fully saturated rings. The Morgan fingerprint density at radius 3 is 2.69 bits per heavy atom. The summed E-state index contributed by atoms with van der Waals surface area (Å²) in [5, 5.41) is 3.36. The Labute approximate surface area is 99.1 Å². The zero-order chi connectivity index (χ0) is 11.5. The van der Waals surface area contributed by atoms with Gasteiger partial charge in [0.2, 0.25) is 0 Å². The molecule has 3 nitrogen and oxygen atoms in total. The third-order valence-corrected chi connectivity index (χ3v) is 2.96. The highest BCUT2D eigenvalue weighted by atomic mass is 35.5. The van der Waals surface area contributed by atoms with Crippen molar-refractivity contribution in [2.75, 3.05) is 38.2 Å². The van der Waals surface area contributed by atoms with E-state index < -0.39 is 5.82 Å². The maximum absolute atomic E-state index is 13.5. The molecule has 0 bridgehead atoms. The van der Waals surface area contributed by atoms with E-state index in [2.05, 4.69) is 10.2 Å². The Morgan fingerprint density at radius 2 is 2.06 bits per heavy atom. The first-order valence-corrected chi connectivity index (χ1v) is 5.59. The average Bonchev–Trinajstić information content (AvgIpc) is 2.33. The minimum absolute atomic E-state index is 0.105. The molecule has 0 unspecified atom stereocenters. The summed E-state index contributed by atoms with van der Waals surface area (Å²) in [4.78, 5) is 2.16.